The van der Waals surface area contributed by atoms with E-state index in [9.17, 15) is 10.2 Å². The predicted molar refractivity (Wildman–Crippen MR) is 150 cm³/mol. The van der Waals surface area contributed by atoms with Gasteiger partial charge in [0.15, 0.2) is 0 Å². The van der Waals surface area contributed by atoms with Gasteiger partial charge in [0.05, 0.1) is 12.2 Å². The molecule has 0 bridgehead atoms. The summed E-state index contributed by atoms with van der Waals surface area (Å²) in [7, 11) is 0. The van der Waals surface area contributed by atoms with Crippen LogP contribution in [-0.2, 0) is 0 Å². The van der Waals surface area contributed by atoms with Gasteiger partial charge in [-0.3, -0.25) is 0 Å². The van der Waals surface area contributed by atoms with E-state index in [2.05, 4.69) is 74.5 Å². The van der Waals surface area contributed by atoms with Crippen LogP contribution < -0.4 is 0 Å². The Morgan fingerprint density at radius 3 is 2.31 bits per heavy atom. The van der Waals surface area contributed by atoms with E-state index >= 15 is 0 Å². The first kappa shape index (κ1) is 29.0. The monoisotopic (exact) mass is 486 g/mol. The van der Waals surface area contributed by atoms with Crippen molar-refractivity contribution in [2.24, 2.45) is 45.8 Å². The highest BCUT2D eigenvalue weighted by molar-refractivity contribution is 5.27. The molecule has 0 heterocycles. The van der Waals surface area contributed by atoms with Crippen molar-refractivity contribution in [1.29, 1.82) is 0 Å². The molecule has 4 unspecified atom stereocenters. The molecule has 3 saturated carbocycles. The van der Waals surface area contributed by atoms with Crippen LogP contribution in [0.25, 0.3) is 0 Å². The zero-order valence-corrected chi connectivity index (χ0v) is 24.7. The third-order valence-corrected chi connectivity index (χ3v) is 11.5. The number of rotatable bonds is 8. The zero-order valence-electron chi connectivity index (χ0n) is 24.7. The summed E-state index contributed by atoms with van der Waals surface area (Å²) in [5.41, 5.74) is 4.07. The van der Waals surface area contributed by atoms with Crippen molar-refractivity contribution in [1.82, 2.24) is 0 Å². The molecule has 2 N–H and O–H groups in total. The van der Waals surface area contributed by atoms with Crippen LogP contribution in [0.2, 0.25) is 0 Å². The van der Waals surface area contributed by atoms with Gasteiger partial charge in [0, 0.05) is 12.3 Å². The van der Waals surface area contributed by atoms with Crippen LogP contribution in [0.1, 0.15) is 127 Å². The molecule has 2 nitrogen and oxygen atoms in total. The number of hydrogen-bond acceptors (Lipinski definition) is 2. The molecule has 35 heavy (non-hydrogen) atoms. The van der Waals surface area contributed by atoms with Gasteiger partial charge in [-0.05, 0) is 91.3 Å². The number of aliphatic hydroxyl groups is 2. The van der Waals surface area contributed by atoms with Crippen molar-refractivity contribution in [3.8, 4) is 0 Å². The predicted octanol–water partition coefficient (Wildman–Crippen LogP) is 8.72. The molecule has 0 aliphatic heterocycles. The highest BCUT2D eigenvalue weighted by Gasteiger charge is 2.54. The Balaban J connectivity index is 1.75. The Labute approximate surface area is 218 Å². The largest absolute Gasteiger partial charge is 0.393 e. The molecule has 8 atom stereocenters. The third kappa shape index (κ3) is 6.11. The Hall–Kier alpha value is -0.600. The maximum Gasteiger partial charge on any atom is 0.0627 e. The molecule has 0 spiro atoms. The summed E-state index contributed by atoms with van der Waals surface area (Å²) in [5, 5.41) is 20.5. The number of hydrogen-bond donors (Lipinski definition) is 2. The van der Waals surface area contributed by atoms with E-state index in [1.807, 2.05) is 0 Å². The van der Waals surface area contributed by atoms with Gasteiger partial charge in [-0.1, -0.05) is 92.0 Å². The first-order valence-corrected chi connectivity index (χ1v) is 15.0. The summed E-state index contributed by atoms with van der Waals surface area (Å²) in [5.74, 6) is 3.12. The van der Waals surface area contributed by atoms with Crippen LogP contribution in [0.5, 0.6) is 0 Å². The molecule has 3 rings (SSSR count). The average molecular weight is 487 g/mol. The summed E-state index contributed by atoms with van der Waals surface area (Å²) >= 11 is 0. The maximum atomic E-state index is 10.3. The van der Waals surface area contributed by atoms with Gasteiger partial charge in [0.25, 0.3) is 0 Å². The van der Waals surface area contributed by atoms with Crippen molar-refractivity contribution in [2.75, 3.05) is 0 Å². The highest BCUT2D eigenvalue weighted by Crippen LogP contribution is 2.63. The number of aliphatic hydroxyl groups excluding tert-OH is 2. The molecule has 2 heteroatoms. The highest BCUT2D eigenvalue weighted by atomic mass is 16.3. The Morgan fingerprint density at radius 1 is 1.03 bits per heavy atom. The van der Waals surface area contributed by atoms with E-state index in [1.54, 1.807) is 5.57 Å². The summed E-state index contributed by atoms with van der Waals surface area (Å²) in [6.45, 7) is 22.1. The van der Waals surface area contributed by atoms with Crippen LogP contribution in [0.4, 0.5) is 0 Å². The lowest BCUT2D eigenvalue weighted by Crippen LogP contribution is -2.41. The molecule has 3 aliphatic rings. The lowest BCUT2D eigenvalue weighted by Gasteiger charge is -2.49. The SMILES string of the molecule is CCC(C)(CC(C)CC(C)(C)C1CC[C@H]2/C(=C/C=C3/C[C@H](O)C[C@H](O)C3C)CCC[C@]12C)C(C)C. The lowest BCUT2D eigenvalue weighted by molar-refractivity contribution is 0.0236. The maximum absolute atomic E-state index is 10.3. The van der Waals surface area contributed by atoms with E-state index in [0.29, 0.717) is 35.0 Å². The van der Waals surface area contributed by atoms with Crippen molar-refractivity contribution in [2.45, 2.75) is 139 Å². The number of fused-ring (bicyclic) bond motifs is 1. The van der Waals surface area contributed by atoms with Gasteiger partial charge in [0.1, 0.15) is 0 Å². The van der Waals surface area contributed by atoms with Crippen LogP contribution in [0.15, 0.2) is 23.3 Å². The van der Waals surface area contributed by atoms with E-state index in [-0.39, 0.29) is 5.92 Å². The summed E-state index contributed by atoms with van der Waals surface area (Å²) in [6, 6.07) is 0. The minimum Gasteiger partial charge on any atom is -0.393 e. The van der Waals surface area contributed by atoms with Gasteiger partial charge in [-0.15, -0.1) is 0 Å². The number of allylic oxidation sites excluding steroid dienone is 3. The zero-order chi connectivity index (χ0) is 26.2. The van der Waals surface area contributed by atoms with Crippen LogP contribution in [0.3, 0.4) is 0 Å². The topological polar surface area (TPSA) is 40.5 Å². The van der Waals surface area contributed by atoms with Crippen molar-refractivity contribution < 1.29 is 10.2 Å². The fraction of sp³-hybridized carbons (Fsp3) is 0.879. The molecular weight excluding hydrogens is 428 g/mol. The fourth-order valence-corrected chi connectivity index (χ4v) is 8.93. The fourth-order valence-electron chi connectivity index (χ4n) is 8.93. The summed E-state index contributed by atoms with van der Waals surface area (Å²) < 4.78 is 0. The first-order chi connectivity index (χ1) is 16.2. The van der Waals surface area contributed by atoms with Gasteiger partial charge < -0.3 is 10.2 Å². The lowest BCUT2D eigenvalue weighted by atomic mass is 9.56. The molecule has 0 saturated heterocycles. The quantitative estimate of drug-likeness (QED) is 0.360. The molecule has 0 radical (unpaired) electrons. The molecule has 3 aliphatic carbocycles. The second kappa shape index (κ2) is 11.0. The van der Waals surface area contributed by atoms with E-state index < -0.39 is 12.2 Å². The standard InChI is InChI=1S/C33H58O2/c1-10-32(8,22(2)3)21-23(4)20-31(6,7)30-16-15-28-25(12-11-17-33(28,30)9)13-14-26-18-27(34)19-29(35)24(26)5/h13-14,22-24,27-30,34-35H,10-12,15-21H2,1-9H3/b25-13+,26-14-/t23?,24?,27-,28-,29-,30?,32?,33-/m0/s1. The Morgan fingerprint density at radius 2 is 1.69 bits per heavy atom. The van der Waals surface area contributed by atoms with Crippen molar-refractivity contribution in [3.05, 3.63) is 23.3 Å². The second-order valence-corrected chi connectivity index (χ2v) is 14.6. The van der Waals surface area contributed by atoms with Crippen molar-refractivity contribution >= 4 is 0 Å². The van der Waals surface area contributed by atoms with E-state index in [0.717, 1.165) is 17.8 Å². The Bertz CT molecular complexity index is 776. The van der Waals surface area contributed by atoms with Gasteiger partial charge in [0.2, 0.25) is 0 Å². The van der Waals surface area contributed by atoms with Crippen LogP contribution in [0, 0.1) is 45.8 Å². The average Bonchev–Trinajstić information content (AvgIpc) is 3.13. The minimum absolute atomic E-state index is 0.154. The first-order valence-electron chi connectivity index (χ1n) is 15.0. The van der Waals surface area contributed by atoms with E-state index in [4.69, 9.17) is 0 Å². The molecule has 0 aromatic heterocycles. The minimum atomic E-state index is -0.413. The normalized spacial score (nSPS) is 39.1. The van der Waals surface area contributed by atoms with E-state index in [1.165, 1.54) is 56.9 Å². The second-order valence-electron chi connectivity index (χ2n) is 14.6. The molecule has 3 fully saturated rings. The summed E-state index contributed by atoms with van der Waals surface area (Å²) in [6.07, 6.45) is 15.6. The summed E-state index contributed by atoms with van der Waals surface area (Å²) in [4.78, 5) is 0. The molecule has 0 aromatic carbocycles. The molecule has 0 aromatic rings. The molecule has 0 amide bonds. The van der Waals surface area contributed by atoms with Gasteiger partial charge in [-0.2, -0.15) is 0 Å². The smallest absolute Gasteiger partial charge is 0.0627 e. The van der Waals surface area contributed by atoms with Gasteiger partial charge in [-0.25, -0.2) is 0 Å². The molecular formula is C33H58O2. The third-order valence-electron chi connectivity index (χ3n) is 11.5. The van der Waals surface area contributed by atoms with Crippen LogP contribution >= 0.6 is 0 Å². The van der Waals surface area contributed by atoms with Crippen LogP contribution in [-0.4, -0.2) is 22.4 Å². The molecule has 202 valence electrons. The van der Waals surface area contributed by atoms with Crippen molar-refractivity contribution in [3.63, 3.8) is 0 Å². The Kier molecular flexibility index (Phi) is 9.12. The van der Waals surface area contributed by atoms with Gasteiger partial charge >= 0.3 is 0 Å².